The molecule has 0 radical (unpaired) electrons. The number of halogens is 2. The molecule has 4 nitrogen and oxygen atoms in total. The van der Waals surface area contributed by atoms with Gasteiger partial charge in [-0.25, -0.2) is 0 Å². The molecule has 27 heavy (non-hydrogen) atoms. The average molecular weight is 410 g/mol. The molecule has 1 fully saturated rings. The van der Waals surface area contributed by atoms with Crippen LogP contribution in [0, 0.1) is 0 Å². The van der Waals surface area contributed by atoms with E-state index >= 15 is 0 Å². The second kappa shape index (κ2) is 10.8. The van der Waals surface area contributed by atoms with Crippen molar-refractivity contribution in [3.05, 3.63) is 70.7 Å². The predicted molar refractivity (Wildman–Crippen MR) is 110 cm³/mol. The number of benzene rings is 2. The Balaban J connectivity index is 0.00000261. The minimum Gasteiger partial charge on any atom is -0.389 e. The topological polar surface area (TPSA) is 58.6 Å². The summed E-state index contributed by atoms with van der Waals surface area (Å²) >= 11 is 6.06. The molecule has 0 aliphatic heterocycles. The number of ketones is 1. The Morgan fingerprint density at radius 3 is 2.59 bits per heavy atom. The number of hydrogen-bond acceptors (Lipinski definition) is 4. The van der Waals surface area contributed by atoms with E-state index in [0.717, 1.165) is 18.4 Å². The summed E-state index contributed by atoms with van der Waals surface area (Å²) < 4.78 is 5.83. The number of hydrogen-bond donors (Lipinski definition) is 2. The summed E-state index contributed by atoms with van der Waals surface area (Å²) in [4.78, 5) is 12.9. The smallest absolute Gasteiger partial charge is 0.191 e. The van der Waals surface area contributed by atoms with Gasteiger partial charge in [-0.05, 0) is 30.5 Å². The van der Waals surface area contributed by atoms with Gasteiger partial charge in [0.1, 0.15) is 6.10 Å². The number of carbonyl (C=O) groups excluding carboxylic acids is 1. The number of aliphatic hydroxyl groups excluding tert-OH is 1. The molecule has 1 saturated carbocycles. The highest BCUT2D eigenvalue weighted by atomic mass is 35.5. The molecule has 146 valence electrons. The van der Waals surface area contributed by atoms with Crippen LogP contribution in [0.2, 0.25) is 5.02 Å². The van der Waals surface area contributed by atoms with E-state index in [1.165, 1.54) is 0 Å². The molecular weight excluding hydrogens is 385 g/mol. The first-order valence-electron chi connectivity index (χ1n) is 8.98. The second-order valence-electron chi connectivity index (χ2n) is 6.72. The van der Waals surface area contributed by atoms with Gasteiger partial charge in [-0.3, -0.25) is 4.79 Å². The number of nitrogens with one attached hydrogen (secondary N) is 1. The van der Waals surface area contributed by atoms with Gasteiger partial charge in [0, 0.05) is 29.6 Å². The summed E-state index contributed by atoms with van der Waals surface area (Å²) in [5.74, 6) is -0.0899. The van der Waals surface area contributed by atoms with Crippen molar-refractivity contribution in [3.8, 4) is 0 Å². The molecular formula is C21H25Cl2NO3. The summed E-state index contributed by atoms with van der Waals surface area (Å²) in [6.07, 6.45) is 1.44. The van der Waals surface area contributed by atoms with Gasteiger partial charge < -0.3 is 15.2 Å². The highest BCUT2D eigenvalue weighted by Gasteiger charge is 2.24. The second-order valence-corrected chi connectivity index (χ2v) is 7.16. The normalized spacial score (nSPS) is 15.6. The van der Waals surface area contributed by atoms with Crippen LogP contribution in [0.1, 0.15) is 28.8 Å². The molecule has 0 spiro atoms. The Labute approximate surface area is 171 Å². The van der Waals surface area contributed by atoms with E-state index < -0.39 is 12.2 Å². The molecule has 2 unspecified atom stereocenters. The third-order valence-corrected chi connectivity index (χ3v) is 4.61. The van der Waals surface area contributed by atoms with Crippen molar-refractivity contribution in [2.75, 3.05) is 13.2 Å². The first-order valence-corrected chi connectivity index (χ1v) is 9.36. The Morgan fingerprint density at radius 1 is 1.19 bits per heavy atom. The van der Waals surface area contributed by atoms with Gasteiger partial charge in [0.15, 0.2) is 5.78 Å². The van der Waals surface area contributed by atoms with Crippen molar-refractivity contribution in [2.24, 2.45) is 0 Å². The SMILES string of the molecule is Cl.O=C(c1ccccc1)C(Cc1cccc(Cl)c1)OCC(O)CNC1CC1. The van der Waals surface area contributed by atoms with E-state index in [0.29, 0.717) is 29.6 Å². The third-order valence-electron chi connectivity index (χ3n) is 4.37. The zero-order valence-corrected chi connectivity index (χ0v) is 16.6. The van der Waals surface area contributed by atoms with Crippen molar-refractivity contribution in [2.45, 2.75) is 37.5 Å². The number of rotatable bonds is 10. The molecule has 1 aliphatic rings. The molecule has 3 rings (SSSR count). The van der Waals surface area contributed by atoms with Crippen LogP contribution in [0.15, 0.2) is 54.6 Å². The third kappa shape index (κ3) is 7.24. The van der Waals surface area contributed by atoms with Crippen LogP contribution in [0.4, 0.5) is 0 Å². The maximum atomic E-state index is 12.9. The summed E-state index contributed by atoms with van der Waals surface area (Å²) in [5, 5.41) is 14.0. The van der Waals surface area contributed by atoms with Gasteiger partial charge in [0.05, 0.1) is 12.7 Å². The molecule has 2 atom stereocenters. The Morgan fingerprint density at radius 2 is 1.93 bits per heavy atom. The van der Waals surface area contributed by atoms with Gasteiger partial charge >= 0.3 is 0 Å². The van der Waals surface area contributed by atoms with Crippen LogP contribution < -0.4 is 5.32 Å². The number of Topliss-reactive ketones (excluding diaryl/α,β-unsaturated/α-hetero) is 1. The lowest BCUT2D eigenvalue weighted by molar-refractivity contribution is -0.00178. The molecule has 1 aliphatic carbocycles. The molecule has 0 saturated heterocycles. The van der Waals surface area contributed by atoms with E-state index in [-0.39, 0.29) is 24.8 Å². The van der Waals surface area contributed by atoms with Crippen LogP contribution in [0.25, 0.3) is 0 Å². The van der Waals surface area contributed by atoms with Crippen LogP contribution in [0.3, 0.4) is 0 Å². The van der Waals surface area contributed by atoms with Crippen LogP contribution in [0.5, 0.6) is 0 Å². The largest absolute Gasteiger partial charge is 0.389 e. The molecule has 2 N–H and O–H groups in total. The van der Waals surface area contributed by atoms with Crippen molar-refractivity contribution in [3.63, 3.8) is 0 Å². The van der Waals surface area contributed by atoms with E-state index in [4.69, 9.17) is 16.3 Å². The van der Waals surface area contributed by atoms with E-state index in [9.17, 15) is 9.90 Å². The minimum atomic E-state index is -0.661. The Kier molecular flexibility index (Phi) is 8.74. The monoisotopic (exact) mass is 409 g/mol. The molecule has 0 heterocycles. The molecule has 2 aromatic carbocycles. The molecule has 0 bridgehead atoms. The summed E-state index contributed by atoms with van der Waals surface area (Å²) in [7, 11) is 0. The first kappa shape index (κ1) is 21.9. The molecule has 2 aromatic rings. The van der Waals surface area contributed by atoms with Gasteiger partial charge in [0.25, 0.3) is 0 Å². The van der Waals surface area contributed by atoms with Gasteiger partial charge in [0.2, 0.25) is 0 Å². The number of carbonyl (C=O) groups is 1. The molecule has 0 amide bonds. The van der Waals surface area contributed by atoms with Crippen LogP contribution >= 0.6 is 24.0 Å². The van der Waals surface area contributed by atoms with Gasteiger partial charge in [-0.15, -0.1) is 12.4 Å². The first-order chi connectivity index (χ1) is 12.6. The van der Waals surface area contributed by atoms with Crippen molar-refractivity contribution < 1.29 is 14.6 Å². The van der Waals surface area contributed by atoms with Crippen LogP contribution in [-0.2, 0) is 11.2 Å². The predicted octanol–water partition coefficient (Wildman–Crippen LogP) is 3.69. The van der Waals surface area contributed by atoms with Crippen molar-refractivity contribution >= 4 is 29.8 Å². The van der Waals surface area contributed by atoms with Crippen molar-refractivity contribution in [1.82, 2.24) is 5.32 Å². The Hall–Kier alpha value is -1.43. The minimum absolute atomic E-state index is 0. The average Bonchev–Trinajstić information content (AvgIpc) is 3.48. The maximum absolute atomic E-state index is 12.9. The van der Waals surface area contributed by atoms with E-state index in [2.05, 4.69) is 5.32 Å². The molecule has 6 heteroatoms. The van der Waals surface area contributed by atoms with E-state index in [1.807, 2.05) is 36.4 Å². The highest BCUT2D eigenvalue weighted by Crippen LogP contribution is 2.19. The zero-order chi connectivity index (χ0) is 18.4. The Bertz CT molecular complexity index is 722. The maximum Gasteiger partial charge on any atom is 0.191 e. The zero-order valence-electron chi connectivity index (χ0n) is 15.0. The summed E-state index contributed by atoms with van der Waals surface area (Å²) in [5.41, 5.74) is 1.53. The lowest BCUT2D eigenvalue weighted by Crippen LogP contribution is -2.35. The van der Waals surface area contributed by atoms with Crippen LogP contribution in [-0.4, -0.2) is 42.3 Å². The lowest BCUT2D eigenvalue weighted by Gasteiger charge is -2.20. The summed E-state index contributed by atoms with van der Waals surface area (Å²) in [6.45, 7) is 0.595. The van der Waals surface area contributed by atoms with Gasteiger partial charge in [-0.2, -0.15) is 0 Å². The number of aliphatic hydroxyl groups is 1. The fraction of sp³-hybridized carbons (Fsp3) is 0.381. The fourth-order valence-electron chi connectivity index (χ4n) is 2.77. The summed E-state index contributed by atoms with van der Waals surface area (Å²) in [6, 6.07) is 17.0. The number of ether oxygens (including phenoxy) is 1. The standard InChI is InChI=1S/C21H24ClNO3.ClH/c22-17-8-4-5-15(11-17)12-20(21(25)16-6-2-1-3-7-16)26-14-19(24)13-23-18-9-10-18;/h1-8,11,18-20,23-24H,9-10,12-14H2;1H. The fourth-order valence-corrected chi connectivity index (χ4v) is 2.98. The molecule has 0 aromatic heterocycles. The lowest BCUT2D eigenvalue weighted by atomic mass is 10.00. The highest BCUT2D eigenvalue weighted by molar-refractivity contribution is 6.30. The van der Waals surface area contributed by atoms with E-state index in [1.54, 1.807) is 18.2 Å². The quantitative estimate of drug-likeness (QED) is 0.587. The van der Waals surface area contributed by atoms with Crippen molar-refractivity contribution in [1.29, 1.82) is 0 Å². The van der Waals surface area contributed by atoms with Gasteiger partial charge in [-0.1, -0.05) is 54.1 Å².